The maximum atomic E-state index is 14.9. The van der Waals surface area contributed by atoms with Crippen molar-refractivity contribution in [3.05, 3.63) is 89.5 Å². The molecule has 49 heavy (non-hydrogen) atoms. The predicted molar refractivity (Wildman–Crippen MR) is 184 cm³/mol. The number of anilines is 1. The van der Waals surface area contributed by atoms with E-state index in [1.807, 2.05) is 80.6 Å². The zero-order chi connectivity index (χ0) is 34.7. The van der Waals surface area contributed by atoms with Gasteiger partial charge in [0.2, 0.25) is 11.8 Å². The van der Waals surface area contributed by atoms with Gasteiger partial charge in [-0.15, -0.1) is 0 Å². The number of unbranched alkanes of at least 4 members (excludes halogenated alkanes) is 3. The number of ether oxygens (including phenoxy) is 2. The Morgan fingerprint density at radius 2 is 1.65 bits per heavy atom. The van der Waals surface area contributed by atoms with Crippen LogP contribution >= 0.6 is 0 Å². The maximum Gasteiger partial charge on any atom is 0.313 e. The minimum absolute atomic E-state index is 0.100. The molecular formula is C39H47N3O7. The Morgan fingerprint density at radius 1 is 0.918 bits per heavy atom. The van der Waals surface area contributed by atoms with Gasteiger partial charge in [0.05, 0.1) is 18.1 Å². The molecule has 2 aromatic rings. The van der Waals surface area contributed by atoms with Crippen LogP contribution in [0, 0.1) is 25.7 Å². The zero-order valence-corrected chi connectivity index (χ0v) is 28.5. The molecule has 1 spiro atoms. The lowest BCUT2D eigenvalue weighted by Crippen LogP contribution is -2.55. The summed E-state index contributed by atoms with van der Waals surface area (Å²) in [6, 6.07) is 13.6. The average Bonchev–Trinajstić information content (AvgIpc) is 3.46. The number of nitrogens with one attached hydrogen (secondary N) is 1. The Kier molecular flexibility index (Phi) is 10.4. The van der Waals surface area contributed by atoms with Crippen LogP contribution in [0.4, 0.5) is 5.69 Å². The van der Waals surface area contributed by atoms with Crippen LogP contribution in [0.1, 0.15) is 68.2 Å². The van der Waals surface area contributed by atoms with Crippen LogP contribution in [0.25, 0.3) is 0 Å². The highest BCUT2D eigenvalue weighted by molar-refractivity contribution is 6.06. The van der Waals surface area contributed by atoms with E-state index in [4.69, 9.17) is 9.47 Å². The van der Waals surface area contributed by atoms with Gasteiger partial charge in [-0.05, 0) is 56.7 Å². The number of amides is 3. The van der Waals surface area contributed by atoms with E-state index in [1.54, 1.807) is 22.8 Å². The second-order valence-corrected chi connectivity index (χ2v) is 13.7. The molecule has 4 heterocycles. The Morgan fingerprint density at radius 3 is 2.39 bits per heavy atom. The third-order valence-corrected chi connectivity index (χ3v) is 10.4. The number of para-hydroxylation sites is 1. The van der Waals surface area contributed by atoms with Crippen LogP contribution in [-0.2, 0) is 28.7 Å². The molecule has 2 saturated heterocycles. The smallest absolute Gasteiger partial charge is 0.313 e. The molecule has 10 nitrogen and oxygen atoms in total. The quantitative estimate of drug-likeness (QED) is 0.241. The fourth-order valence-electron chi connectivity index (χ4n) is 8.12. The Balaban J connectivity index is 1.42. The van der Waals surface area contributed by atoms with Gasteiger partial charge in [-0.2, -0.15) is 0 Å². The standard InChI is InChI=1S/C39H47N3O7/c1-25-15-13-16-26(2)33(25)41-23-14-21-39-32(36(45)42(35(39)37(41)46)22-11-4-5-12-24-43)31-29(49-39)19-9-10-20-30(44)40-27(3)34(48-38(31)47)28-17-7-6-8-18-28/h6-9,13-19,21,27,29,31-32,34-35,43H,4-5,10-12,20,22-24H2,1-3H3,(H,40,44)/b19-9-/t27-,29-,31+,32+,34+,35-,39+/m0/s1. The first-order chi connectivity index (χ1) is 23.7. The van der Waals surface area contributed by atoms with Gasteiger partial charge in [0.15, 0.2) is 0 Å². The molecule has 0 radical (unpaired) electrons. The van der Waals surface area contributed by atoms with Gasteiger partial charge in [0, 0.05) is 31.8 Å². The number of esters is 1. The van der Waals surface area contributed by atoms with Crippen molar-refractivity contribution in [2.75, 3.05) is 24.6 Å². The van der Waals surface area contributed by atoms with E-state index in [2.05, 4.69) is 5.32 Å². The minimum atomic E-state index is -1.41. The van der Waals surface area contributed by atoms with E-state index in [-0.39, 0.29) is 37.3 Å². The third kappa shape index (κ3) is 6.56. The van der Waals surface area contributed by atoms with Gasteiger partial charge >= 0.3 is 5.97 Å². The van der Waals surface area contributed by atoms with E-state index in [9.17, 15) is 24.3 Å². The van der Waals surface area contributed by atoms with Gasteiger partial charge in [-0.1, -0.05) is 85.7 Å². The topological polar surface area (TPSA) is 125 Å². The van der Waals surface area contributed by atoms with E-state index >= 15 is 0 Å². The van der Waals surface area contributed by atoms with E-state index < -0.39 is 47.7 Å². The molecule has 0 aromatic heterocycles. The number of aliphatic hydroxyl groups is 1. The van der Waals surface area contributed by atoms with Gasteiger partial charge < -0.3 is 29.7 Å². The highest BCUT2D eigenvalue weighted by Gasteiger charge is 2.71. The summed E-state index contributed by atoms with van der Waals surface area (Å²) in [5.74, 6) is -3.36. The average molecular weight is 670 g/mol. The molecule has 2 N–H and O–H groups in total. The summed E-state index contributed by atoms with van der Waals surface area (Å²) in [5.41, 5.74) is 1.99. The summed E-state index contributed by atoms with van der Waals surface area (Å²) in [5, 5.41) is 12.3. The molecule has 3 amide bonds. The number of hydrogen-bond donors (Lipinski definition) is 2. The molecule has 0 bridgehead atoms. The van der Waals surface area contributed by atoms with Crippen LogP contribution in [-0.4, -0.2) is 77.2 Å². The van der Waals surface area contributed by atoms with Crippen molar-refractivity contribution in [3.8, 4) is 0 Å². The molecule has 260 valence electrons. The van der Waals surface area contributed by atoms with E-state index in [0.717, 1.165) is 35.2 Å². The number of hydrogen-bond acceptors (Lipinski definition) is 7. The molecule has 0 aliphatic carbocycles. The second-order valence-electron chi connectivity index (χ2n) is 13.7. The number of nitrogens with zero attached hydrogens (tertiary/aromatic N) is 2. The van der Waals surface area contributed by atoms with Crippen molar-refractivity contribution in [1.82, 2.24) is 10.2 Å². The van der Waals surface area contributed by atoms with E-state index in [0.29, 0.717) is 25.8 Å². The number of likely N-dealkylation sites (tertiary alicyclic amines) is 1. The van der Waals surface area contributed by atoms with E-state index in [1.165, 1.54) is 0 Å². The highest BCUT2D eigenvalue weighted by Crippen LogP contribution is 2.53. The number of aryl methyl sites for hydroxylation is 2. The molecule has 2 fully saturated rings. The van der Waals surface area contributed by atoms with Crippen LogP contribution in [0.2, 0.25) is 0 Å². The number of rotatable bonds is 8. The lowest BCUT2D eigenvalue weighted by Gasteiger charge is -2.36. The normalized spacial score (nSPS) is 30.8. The number of benzene rings is 2. The fourth-order valence-corrected chi connectivity index (χ4v) is 8.12. The van der Waals surface area contributed by atoms with Crippen molar-refractivity contribution in [2.24, 2.45) is 11.8 Å². The van der Waals surface area contributed by atoms with Crippen molar-refractivity contribution < 1.29 is 33.8 Å². The predicted octanol–water partition coefficient (Wildman–Crippen LogP) is 4.48. The molecule has 4 aliphatic rings. The van der Waals surface area contributed by atoms with Gasteiger partial charge in [0.25, 0.3) is 5.91 Å². The van der Waals surface area contributed by atoms with Crippen LogP contribution in [0.5, 0.6) is 0 Å². The summed E-state index contributed by atoms with van der Waals surface area (Å²) >= 11 is 0. The van der Waals surface area contributed by atoms with Crippen LogP contribution in [0.3, 0.4) is 0 Å². The monoisotopic (exact) mass is 669 g/mol. The summed E-state index contributed by atoms with van der Waals surface area (Å²) in [6.07, 6.45) is 9.16. The number of fused-ring (bicyclic) bond motifs is 2. The summed E-state index contributed by atoms with van der Waals surface area (Å²) in [6.45, 7) is 6.44. The zero-order valence-electron chi connectivity index (χ0n) is 28.5. The Bertz CT molecular complexity index is 1600. The second kappa shape index (κ2) is 14.7. The maximum absolute atomic E-state index is 14.9. The number of aliphatic hydroxyl groups excluding tert-OH is 1. The molecule has 2 aromatic carbocycles. The largest absolute Gasteiger partial charge is 0.455 e. The van der Waals surface area contributed by atoms with Gasteiger partial charge in [-0.25, -0.2) is 0 Å². The first kappa shape index (κ1) is 34.6. The molecule has 6 rings (SSSR count). The molecule has 0 saturated carbocycles. The fraction of sp³-hybridized carbons (Fsp3) is 0.487. The van der Waals surface area contributed by atoms with Crippen LogP contribution < -0.4 is 10.2 Å². The van der Waals surface area contributed by atoms with Gasteiger partial charge in [-0.3, -0.25) is 19.2 Å². The number of carbonyl (C=O) groups excluding carboxylic acids is 4. The molecular weight excluding hydrogens is 622 g/mol. The Hall–Kier alpha value is -4.28. The van der Waals surface area contributed by atoms with Crippen molar-refractivity contribution in [2.45, 2.75) is 89.2 Å². The summed E-state index contributed by atoms with van der Waals surface area (Å²) < 4.78 is 13.1. The molecule has 0 unspecified atom stereocenters. The lowest BCUT2D eigenvalue weighted by atomic mass is 9.77. The number of allylic oxidation sites excluding steroid dienone is 1. The van der Waals surface area contributed by atoms with Crippen LogP contribution in [0.15, 0.2) is 72.8 Å². The summed E-state index contributed by atoms with van der Waals surface area (Å²) in [7, 11) is 0. The first-order valence-corrected chi connectivity index (χ1v) is 17.5. The lowest BCUT2D eigenvalue weighted by molar-refractivity contribution is -0.161. The number of carbonyl (C=O) groups is 4. The molecule has 10 heteroatoms. The SMILES string of the molecule is Cc1cccc(C)c1N1CC=C[C@@]23O[C@H]4/C=C\CCC(=O)N[C@@H](C)[C@H](c5ccccc5)OC(=O)[C@H]4[C@@H]2C(=O)N(CCCCCCO)[C@H]3C1=O. The van der Waals surface area contributed by atoms with Crippen molar-refractivity contribution >= 4 is 29.4 Å². The Labute approximate surface area is 288 Å². The first-order valence-electron chi connectivity index (χ1n) is 17.5. The van der Waals surface area contributed by atoms with Crippen molar-refractivity contribution in [1.29, 1.82) is 0 Å². The third-order valence-electron chi connectivity index (χ3n) is 10.4. The van der Waals surface area contributed by atoms with Crippen molar-refractivity contribution in [3.63, 3.8) is 0 Å². The molecule has 7 atom stereocenters. The minimum Gasteiger partial charge on any atom is -0.455 e. The highest BCUT2D eigenvalue weighted by atomic mass is 16.6. The molecule has 4 aliphatic heterocycles. The number of cyclic esters (lactones) is 1. The summed E-state index contributed by atoms with van der Waals surface area (Å²) in [4.78, 5) is 60.3. The van der Waals surface area contributed by atoms with Gasteiger partial charge in [0.1, 0.15) is 23.7 Å².